The number of ether oxygens (including phenoxy) is 1. The number of rotatable bonds is 7. The second-order valence-corrected chi connectivity index (χ2v) is 7.83. The number of esters is 1. The van der Waals surface area contributed by atoms with E-state index in [0.717, 1.165) is 5.56 Å². The van der Waals surface area contributed by atoms with E-state index in [0.29, 0.717) is 5.56 Å². The lowest BCUT2D eigenvalue weighted by atomic mass is 10.1. The topological polar surface area (TPSA) is 131 Å². The first-order chi connectivity index (χ1) is 13.7. The lowest BCUT2D eigenvalue weighted by Crippen LogP contribution is -2.42. The zero-order valence-corrected chi connectivity index (χ0v) is 16.7. The number of benzene rings is 2. The molecule has 0 aliphatic heterocycles. The molecule has 2 rings (SSSR count). The summed E-state index contributed by atoms with van der Waals surface area (Å²) < 4.78 is 32.6. The minimum atomic E-state index is -3.88. The Morgan fingerprint density at radius 2 is 1.69 bits per heavy atom. The van der Waals surface area contributed by atoms with E-state index in [2.05, 4.69) is 10.1 Å². The van der Waals surface area contributed by atoms with E-state index < -0.39 is 34.4 Å². The fourth-order valence-electron chi connectivity index (χ4n) is 2.28. The maximum Gasteiger partial charge on any atom is 0.338 e. The summed E-state index contributed by atoms with van der Waals surface area (Å²) in [6, 6.07) is 13.1. The first-order valence-corrected chi connectivity index (χ1v) is 10.0. The van der Waals surface area contributed by atoms with Crippen LogP contribution in [0.1, 0.15) is 28.4 Å². The lowest BCUT2D eigenvalue weighted by molar-refractivity contribution is -0.129. The normalized spacial score (nSPS) is 10.8. The van der Waals surface area contributed by atoms with Crippen molar-refractivity contribution in [3.63, 3.8) is 0 Å². The molecule has 10 heteroatoms. The fourth-order valence-corrected chi connectivity index (χ4v) is 3.56. The molecule has 0 aromatic heterocycles. The highest BCUT2D eigenvalue weighted by atomic mass is 32.2. The first kappa shape index (κ1) is 22.1. The molecular weight excluding hydrogens is 398 g/mol. The number of aryl methyl sites for hydroxylation is 1. The van der Waals surface area contributed by atoms with Crippen molar-refractivity contribution in [3.05, 3.63) is 65.2 Å². The van der Waals surface area contributed by atoms with Gasteiger partial charge in [0.1, 0.15) is 0 Å². The standard InChI is InChI=1S/C19H21N3O6S/c1-13-8-9-16(19(25)28-12-18(24)22-21-14(2)23)10-17(13)29(26,27)20-11-15-6-4-3-5-7-15/h3-10,20H,11-12H2,1-2H3,(H,21,23)(H,22,24). The summed E-state index contributed by atoms with van der Waals surface area (Å²) in [4.78, 5) is 34.3. The van der Waals surface area contributed by atoms with Crippen molar-refractivity contribution in [1.82, 2.24) is 15.6 Å². The van der Waals surface area contributed by atoms with E-state index in [1.165, 1.54) is 25.1 Å². The number of amides is 2. The third-order valence-electron chi connectivity index (χ3n) is 3.73. The molecule has 9 nitrogen and oxygen atoms in total. The molecule has 0 saturated carbocycles. The Hall–Kier alpha value is -3.24. The van der Waals surface area contributed by atoms with Gasteiger partial charge >= 0.3 is 5.97 Å². The quantitative estimate of drug-likeness (QED) is 0.449. The molecule has 3 N–H and O–H groups in total. The molecule has 0 radical (unpaired) electrons. The van der Waals surface area contributed by atoms with Crippen LogP contribution in [-0.4, -0.2) is 32.8 Å². The van der Waals surface area contributed by atoms with Gasteiger partial charge in [-0.15, -0.1) is 0 Å². The van der Waals surface area contributed by atoms with Gasteiger partial charge in [0.25, 0.3) is 5.91 Å². The van der Waals surface area contributed by atoms with E-state index in [4.69, 9.17) is 4.74 Å². The molecule has 0 fully saturated rings. The van der Waals surface area contributed by atoms with E-state index in [1.807, 2.05) is 11.5 Å². The van der Waals surface area contributed by atoms with Crippen LogP contribution in [0.5, 0.6) is 0 Å². The molecule has 0 heterocycles. The minimum absolute atomic E-state index is 0.0250. The van der Waals surface area contributed by atoms with Gasteiger partial charge in [0.05, 0.1) is 10.5 Å². The maximum absolute atomic E-state index is 12.6. The van der Waals surface area contributed by atoms with Crippen molar-refractivity contribution in [2.24, 2.45) is 0 Å². The highest BCUT2D eigenvalue weighted by Gasteiger charge is 2.20. The zero-order chi connectivity index (χ0) is 21.4. The van der Waals surface area contributed by atoms with Gasteiger partial charge in [-0.2, -0.15) is 0 Å². The second kappa shape index (κ2) is 9.80. The lowest BCUT2D eigenvalue weighted by Gasteiger charge is -2.11. The average molecular weight is 419 g/mol. The predicted octanol–water partition coefficient (Wildman–Crippen LogP) is 0.798. The van der Waals surface area contributed by atoms with Crippen LogP contribution < -0.4 is 15.6 Å². The van der Waals surface area contributed by atoms with Crippen LogP contribution in [0.25, 0.3) is 0 Å². The van der Waals surface area contributed by atoms with Gasteiger partial charge in [0.2, 0.25) is 15.9 Å². The Balaban J connectivity index is 2.07. The van der Waals surface area contributed by atoms with Crippen molar-refractivity contribution >= 4 is 27.8 Å². The summed E-state index contributed by atoms with van der Waals surface area (Å²) in [6.07, 6.45) is 0. The molecule has 2 amide bonds. The molecule has 0 aliphatic carbocycles. The molecule has 0 bridgehead atoms. The summed E-state index contributed by atoms with van der Waals surface area (Å²) in [6.45, 7) is 2.27. The van der Waals surface area contributed by atoms with Crippen LogP contribution in [0.4, 0.5) is 0 Å². The van der Waals surface area contributed by atoms with Gasteiger partial charge in [-0.3, -0.25) is 20.4 Å². The summed E-state index contributed by atoms with van der Waals surface area (Å²) in [5, 5.41) is 0. The Morgan fingerprint density at radius 3 is 2.34 bits per heavy atom. The van der Waals surface area contributed by atoms with Gasteiger partial charge in [0, 0.05) is 13.5 Å². The van der Waals surface area contributed by atoms with Crippen LogP contribution >= 0.6 is 0 Å². The molecule has 0 aliphatic rings. The molecule has 0 unspecified atom stereocenters. The summed E-state index contributed by atoms with van der Waals surface area (Å²) in [5.74, 6) is -2.10. The van der Waals surface area contributed by atoms with Gasteiger partial charge < -0.3 is 4.74 Å². The maximum atomic E-state index is 12.6. The molecule has 2 aromatic rings. The molecular formula is C19H21N3O6S. The number of hydrogen-bond donors (Lipinski definition) is 3. The molecule has 2 aromatic carbocycles. The Morgan fingerprint density at radius 1 is 1.00 bits per heavy atom. The van der Waals surface area contributed by atoms with Crippen LogP contribution in [-0.2, 0) is 30.9 Å². The fraction of sp³-hybridized carbons (Fsp3) is 0.211. The SMILES string of the molecule is CC(=O)NNC(=O)COC(=O)c1ccc(C)c(S(=O)(=O)NCc2ccccc2)c1. The summed E-state index contributed by atoms with van der Waals surface area (Å²) in [5.41, 5.74) is 5.31. The minimum Gasteiger partial charge on any atom is -0.452 e. The average Bonchev–Trinajstić information content (AvgIpc) is 2.70. The van der Waals surface area contributed by atoms with Crippen molar-refractivity contribution in [2.45, 2.75) is 25.3 Å². The summed E-state index contributed by atoms with van der Waals surface area (Å²) in [7, 11) is -3.88. The van der Waals surface area contributed by atoms with Gasteiger partial charge in [-0.1, -0.05) is 36.4 Å². The third-order valence-corrected chi connectivity index (χ3v) is 5.28. The Bertz CT molecular complexity index is 1010. The van der Waals surface area contributed by atoms with Crippen LogP contribution in [0.3, 0.4) is 0 Å². The predicted molar refractivity (Wildman–Crippen MR) is 104 cm³/mol. The number of carbonyl (C=O) groups is 3. The second-order valence-electron chi connectivity index (χ2n) is 6.10. The van der Waals surface area contributed by atoms with E-state index in [-0.39, 0.29) is 17.0 Å². The molecule has 0 atom stereocenters. The summed E-state index contributed by atoms with van der Waals surface area (Å²) >= 11 is 0. The van der Waals surface area contributed by atoms with Crippen LogP contribution in [0.15, 0.2) is 53.4 Å². The van der Waals surface area contributed by atoms with Gasteiger partial charge in [-0.25, -0.2) is 17.9 Å². The monoisotopic (exact) mass is 419 g/mol. The largest absolute Gasteiger partial charge is 0.452 e. The zero-order valence-electron chi connectivity index (χ0n) is 15.9. The molecule has 154 valence electrons. The van der Waals surface area contributed by atoms with E-state index >= 15 is 0 Å². The number of sulfonamides is 1. The van der Waals surface area contributed by atoms with Gasteiger partial charge in [0.15, 0.2) is 6.61 Å². The number of carbonyl (C=O) groups excluding carboxylic acids is 3. The van der Waals surface area contributed by atoms with Crippen molar-refractivity contribution in [2.75, 3.05) is 6.61 Å². The number of hydrazine groups is 1. The van der Waals surface area contributed by atoms with Crippen molar-refractivity contribution < 1.29 is 27.5 Å². The third kappa shape index (κ3) is 6.70. The first-order valence-electron chi connectivity index (χ1n) is 8.56. The number of nitrogens with one attached hydrogen (secondary N) is 3. The highest BCUT2D eigenvalue weighted by Crippen LogP contribution is 2.18. The Kier molecular flexibility index (Phi) is 7.46. The molecule has 0 saturated heterocycles. The molecule has 29 heavy (non-hydrogen) atoms. The van der Waals surface area contributed by atoms with Crippen molar-refractivity contribution in [1.29, 1.82) is 0 Å². The van der Waals surface area contributed by atoms with Crippen molar-refractivity contribution in [3.8, 4) is 0 Å². The van der Waals surface area contributed by atoms with E-state index in [1.54, 1.807) is 31.2 Å². The number of hydrogen-bond acceptors (Lipinski definition) is 6. The van der Waals surface area contributed by atoms with E-state index in [9.17, 15) is 22.8 Å². The van der Waals surface area contributed by atoms with Crippen LogP contribution in [0.2, 0.25) is 0 Å². The van der Waals surface area contributed by atoms with Gasteiger partial charge in [-0.05, 0) is 30.2 Å². The Labute approximate surface area is 168 Å². The highest BCUT2D eigenvalue weighted by molar-refractivity contribution is 7.89. The smallest absolute Gasteiger partial charge is 0.338 e. The van der Waals surface area contributed by atoms with Crippen LogP contribution in [0, 0.1) is 6.92 Å². The molecule has 0 spiro atoms.